The van der Waals surface area contributed by atoms with Gasteiger partial charge in [-0.3, -0.25) is 0 Å². The summed E-state index contributed by atoms with van der Waals surface area (Å²) in [5, 5.41) is 8.95. The number of nitrogens with one attached hydrogen (secondary N) is 1. The van der Waals surface area contributed by atoms with Gasteiger partial charge in [-0.1, -0.05) is 29.8 Å². The number of nitrogens with two attached hydrogens (primary N) is 2. The highest BCUT2D eigenvalue weighted by molar-refractivity contribution is 7.98. The first-order valence-electron chi connectivity index (χ1n) is 11.7. The van der Waals surface area contributed by atoms with E-state index in [0.29, 0.717) is 16.5 Å². The number of aryl methyl sites for hydroxylation is 1. The van der Waals surface area contributed by atoms with E-state index < -0.39 is 0 Å². The summed E-state index contributed by atoms with van der Waals surface area (Å²) >= 11 is 8.08. The predicted molar refractivity (Wildman–Crippen MR) is 148 cm³/mol. The Balaban J connectivity index is 1.63. The molecule has 0 bridgehead atoms. The maximum atomic E-state index is 6.54. The van der Waals surface area contributed by atoms with Crippen LogP contribution in [-0.2, 0) is 0 Å². The van der Waals surface area contributed by atoms with Gasteiger partial charge in [-0.05, 0) is 73.9 Å². The van der Waals surface area contributed by atoms with Crippen molar-refractivity contribution in [2.24, 2.45) is 16.5 Å². The first-order chi connectivity index (χ1) is 16.9. The van der Waals surface area contributed by atoms with Gasteiger partial charge in [0, 0.05) is 28.7 Å². The lowest BCUT2D eigenvalue weighted by molar-refractivity contribution is 0.687. The quantitative estimate of drug-likeness (QED) is 0.170. The van der Waals surface area contributed by atoms with Gasteiger partial charge in [0.05, 0.1) is 33.7 Å². The highest BCUT2D eigenvalue weighted by atomic mass is 35.5. The minimum Gasteiger partial charge on any atom is -0.383 e. The van der Waals surface area contributed by atoms with Crippen molar-refractivity contribution in [3.63, 3.8) is 0 Å². The molecule has 2 aromatic carbocycles. The lowest BCUT2D eigenvalue weighted by atomic mass is 10.0. The van der Waals surface area contributed by atoms with Crippen LogP contribution in [-0.4, -0.2) is 33.8 Å². The fourth-order valence-electron chi connectivity index (χ4n) is 4.72. The molecule has 180 valence electrons. The van der Waals surface area contributed by atoms with E-state index in [4.69, 9.17) is 23.1 Å². The van der Waals surface area contributed by atoms with Gasteiger partial charge >= 0.3 is 0 Å². The van der Waals surface area contributed by atoms with E-state index in [0.717, 1.165) is 41.6 Å². The van der Waals surface area contributed by atoms with Crippen LogP contribution in [0.4, 0.5) is 11.4 Å². The summed E-state index contributed by atoms with van der Waals surface area (Å²) in [7, 11) is 0. The second-order valence-corrected chi connectivity index (χ2v) is 10.3. The molecule has 2 atom stereocenters. The molecule has 1 aliphatic carbocycles. The van der Waals surface area contributed by atoms with Crippen LogP contribution in [0.1, 0.15) is 30.4 Å². The molecule has 1 fully saturated rings. The number of hydrogen-bond donors (Lipinski definition) is 3. The third kappa shape index (κ3) is 4.89. The van der Waals surface area contributed by atoms with Crippen LogP contribution in [0.2, 0.25) is 5.02 Å². The minimum atomic E-state index is 0.211. The zero-order valence-electron chi connectivity index (χ0n) is 19.8. The average molecular weight is 505 g/mol. The van der Waals surface area contributed by atoms with Crippen molar-refractivity contribution in [3.8, 4) is 11.1 Å². The van der Waals surface area contributed by atoms with E-state index in [1.807, 2.05) is 22.7 Å². The Morgan fingerprint density at radius 2 is 2.03 bits per heavy atom. The number of amidine groups is 1. The highest BCUT2D eigenvalue weighted by Crippen LogP contribution is 2.34. The van der Waals surface area contributed by atoms with Crippen LogP contribution in [0.25, 0.3) is 16.6 Å². The molecule has 5 N–H and O–H groups in total. The Labute approximate surface area is 214 Å². The maximum Gasteiger partial charge on any atom is 0.135 e. The third-order valence-electron chi connectivity index (χ3n) is 6.57. The van der Waals surface area contributed by atoms with Gasteiger partial charge in [0.25, 0.3) is 0 Å². The molecule has 2 aromatic heterocycles. The van der Waals surface area contributed by atoms with Crippen molar-refractivity contribution in [1.82, 2.24) is 9.61 Å². The molecular formula is C27H29ClN6S. The van der Waals surface area contributed by atoms with E-state index in [-0.39, 0.29) is 12.1 Å². The second kappa shape index (κ2) is 9.93. The lowest BCUT2D eigenvalue weighted by Crippen LogP contribution is -2.24. The minimum absolute atomic E-state index is 0.211. The molecule has 1 saturated carbocycles. The van der Waals surface area contributed by atoms with Crippen molar-refractivity contribution >= 4 is 46.1 Å². The maximum absolute atomic E-state index is 6.54. The van der Waals surface area contributed by atoms with Gasteiger partial charge < -0.3 is 16.8 Å². The first-order valence-corrected chi connectivity index (χ1v) is 13.3. The SMILES string of the molecule is CSc1ccc(-c2cc3c(NC4CCC(N)C4)c(C(N)=Nc4ccccc4Cl)cnn3c2)c(C)c1. The summed E-state index contributed by atoms with van der Waals surface area (Å²) < 4.78 is 1.90. The number of hydrogen-bond acceptors (Lipinski definition) is 5. The molecule has 8 heteroatoms. The Morgan fingerprint density at radius 1 is 1.20 bits per heavy atom. The van der Waals surface area contributed by atoms with Gasteiger partial charge in [0.15, 0.2) is 0 Å². The van der Waals surface area contributed by atoms with Gasteiger partial charge in [-0.2, -0.15) is 5.10 Å². The van der Waals surface area contributed by atoms with Crippen molar-refractivity contribution in [1.29, 1.82) is 0 Å². The van der Waals surface area contributed by atoms with Crippen molar-refractivity contribution in [2.45, 2.75) is 43.2 Å². The second-order valence-electron chi connectivity index (χ2n) is 9.04. The molecule has 0 aliphatic heterocycles. The molecule has 35 heavy (non-hydrogen) atoms. The number of nitrogens with zero attached hydrogens (tertiary/aromatic N) is 3. The van der Waals surface area contributed by atoms with Crippen molar-refractivity contribution in [3.05, 3.63) is 77.1 Å². The summed E-state index contributed by atoms with van der Waals surface area (Å²) in [4.78, 5) is 5.88. The molecule has 0 radical (unpaired) electrons. The molecule has 1 aliphatic rings. The number of fused-ring (bicyclic) bond motifs is 1. The van der Waals surface area contributed by atoms with E-state index >= 15 is 0 Å². The molecule has 6 nitrogen and oxygen atoms in total. The Bertz CT molecular complexity index is 1410. The molecule has 2 heterocycles. The molecule has 0 saturated heterocycles. The Hall–Kier alpha value is -3.00. The predicted octanol–water partition coefficient (Wildman–Crippen LogP) is 6.01. The largest absolute Gasteiger partial charge is 0.383 e. The summed E-state index contributed by atoms with van der Waals surface area (Å²) in [6, 6.07) is 16.6. The van der Waals surface area contributed by atoms with Crippen LogP contribution >= 0.6 is 23.4 Å². The van der Waals surface area contributed by atoms with Crippen LogP contribution in [0, 0.1) is 6.92 Å². The van der Waals surface area contributed by atoms with Gasteiger partial charge in [0.2, 0.25) is 0 Å². The number of para-hydroxylation sites is 1. The monoisotopic (exact) mass is 504 g/mol. The zero-order chi connectivity index (χ0) is 24.5. The third-order valence-corrected chi connectivity index (χ3v) is 7.62. The number of thioether (sulfide) groups is 1. The standard InChI is InChI=1S/C27H29ClN6S/c1-16-11-20(35-2)9-10-21(16)17-12-25-26(32-19-8-7-18(29)13-19)22(14-31-34(25)15-17)27(30)33-24-6-4-3-5-23(24)28/h3-6,9-12,14-15,18-19,32H,7-8,13,29H2,1-2H3,(H2,30,33). The molecule has 0 amide bonds. The number of rotatable bonds is 6. The number of aromatic nitrogens is 2. The molecule has 0 spiro atoms. The molecular weight excluding hydrogens is 476 g/mol. The smallest absolute Gasteiger partial charge is 0.135 e. The number of halogens is 1. The Kier molecular flexibility index (Phi) is 6.73. The fraction of sp³-hybridized carbons (Fsp3) is 0.259. The molecule has 4 aromatic rings. The van der Waals surface area contributed by atoms with Crippen LogP contribution in [0.3, 0.4) is 0 Å². The van der Waals surface area contributed by atoms with E-state index in [1.54, 1.807) is 24.0 Å². The zero-order valence-corrected chi connectivity index (χ0v) is 21.4. The number of anilines is 1. The Morgan fingerprint density at radius 3 is 2.74 bits per heavy atom. The number of aliphatic imine (C=N–C) groups is 1. The van der Waals surface area contributed by atoms with Crippen LogP contribution in [0.5, 0.6) is 0 Å². The van der Waals surface area contributed by atoms with Crippen LogP contribution in [0.15, 0.2) is 70.8 Å². The summed E-state index contributed by atoms with van der Waals surface area (Å²) in [6.07, 6.45) is 8.86. The fourth-order valence-corrected chi connectivity index (χ4v) is 5.40. The van der Waals surface area contributed by atoms with E-state index in [9.17, 15) is 0 Å². The van der Waals surface area contributed by atoms with Crippen molar-refractivity contribution in [2.75, 3.05) is 11.6 Å². The summed E-state index contributed by atoms with van der Waals surface area (Å²) in [5.41, 5.74) is 19.5. The average Bonchev–Trinajstić information content (AvgIpc) is 3.46. The van der Waals surface area contributed by atoms with Crippen molar-refractivity contribution < 1.29 is 0 Å². The van der Waals surface area contributed by atoms with Gasteiger partial charge in [-0.25, -0.2) is 9.51 Å². The van der Waals surface area contributed by atoms with E-state index in [2.05, 4.69) is 59.0 Å². The van der Waals surface area contributed by atoms with Crippen LogP contribution < -0.4 is 16.8 Å². The first kappa shape index (κ1) is 23.7. The lowest BCUT2D eigenvalue weighted by Gasteiger charge is -2.18. The van der Waals surface area contributed by atoms with Gasteiger partial charge in [0.1, 0.15) is 5.84 Å². The topological polar surface area (TPSA) is 93.7 Å². The van der Waals surface area contributed by atoms with Gasteiger partial charge in [-0.15, -0.1) is 11.8 Å². The highest BCUT2D eigenvalue weighted by Gasteiger charge is 2.24. The summed E-state index contributed by atoms with van der Waals surface area (Å²) in [5.74, 6) is 0.362. The number of benzene rings is 2. The molecule has 5 rings (SSSR count). The molecule has 2 unspecified atom stereocenters. The normalized spacial score (nSPS) is 18.3. The summed E-state index contributed by atoms with van der Waals surface area (Å²) in [6.45, 7) is 2.14. The van der Waals surface area contributed by atoms with E-state index in [1.165, 1.54) is 16.0 Å².